The van der Waals surface area contributed by atoms with Crippen molar-refractivity contribution in [3.05, 3.63) is 29.8 Å². The van der Waals surface area contributed by atoms with Crippen molar-refractivity contribution in [3.63, 3.8) is 0 Å². The zero-order chi connectivity index (χ0) is 13.0. The Morgan fingerprint density at radius 2 is 1.83 bits per heavy atom. The van der Waals surface area contributed by atoms with Gasteiger partial charge in [0.1, 0.15) is 11.5 Å². The molecule has 0 bridgehead atoms. The van der Waals surface area contributed by atoms with Crippen LogP contribution in [-0.4, -0.2) is 12.9 Å². The summed E-state index contributed by atoms with van der Waals surface area (Å²) in [6, 6.07) is 7.84. The molecule has 0 aromatic heterocycles. The summed E-state index contributed by atoms with van der Waals surface area (Å²) in [4.78, 5) is 12.5. The SMILES string of the molecule is CCC1(C(=O)Cc2ccc(OC)cc2)CCCC1. The molecule has 0 N–H and O–H groups in total. The van der Waals surface area contributed by atoms with Crippen molar-refractivity contribution in [1.29, 1.82) is 0 Å². The van der Waals surface area contributed by atoms with Crippen LogP contribution in [0, 0.1) is 5.41 Å². The molecule has 2 heteroatoms. The number of benzene rings is 1. The van der Waals surface area contributed by atoms with Crippen LogP contribution in [0.4, 0.5) is 0 Å². The van der Waals surface area contributed by atoms with Gasteiger partial charge in [-0.2, -0.15) is 0 Å². The minimum absolute atomic E-state index is 0.0278. The molecule has 0 aliphatic heterocycles. The Bertz CT molecular complexity index is 400. The number of hydrogen-bond acceptors (Lipinski definition) is 2. The lowest BCUT2D eigenvalue weighted by Crippen LogP contribution is -2.28. The van der Waals surface area contributed by atoms with E-state index >= 15 is 0 Å². The fraction of sp³-hybridized carbons (Fsp3) is 0.562. The number of carbonyl (C=O) groups excluding carboxylic acids is 1. The molecular formula is C16H22O2. The number of Topliss-reactive ketones (excluding diaryl/α,β-unsaturated/α-hetero) is 1. The van der Waals surface area contributed by atoms with Crippen LogP contribution < -0.4 is 4.74 Å². The largest absolute Gasteiger partial charge is 0.497 e. The summed E-state index contributed by atoms with van der Waals surface area (Å²) in [6.45, 7) is 2.15. The molecule has 2 nitrogen and oxygen atoms in total. The van der Waals surface area contributed by atoms with Crippen LogP contribution in [0.1, 0.15) is 44.6 Å². The zero-order valence-electron chi connectivity index (χ0n) is 11.4. The molecular weight excluding hydrogens is 224 g/mol. The number of carbonyl (C=O) groups is 1. The van der Waals surface area contributed by atoms with Gasteiger partial charge >= 0.3 is 0 Å². The molecule has 18 heavy (non-hydrogen) atoms. The van der Waals surface area contributed by atoms with Crippen LogP contribution in [0.15, 0.2) is 24.3 Å². The lowest BCUT2D eigenvalue weighted by atomic mass is 9.77. The number of ether oxygens (including phenoxy) is 1. The number of hydrogen-bond donors (Lipinski definition) is 0. The highest BCUT2D eigenvalue weighted by atomic mass is 16.5. The summed E-state index contributed by atoms with van der Waals surface area (Å²) < 4.78 is 5.13. The second-order valence-electron chi connectivity index (χ2n) is 5.29. The van der Waals surface area contributed by atoms with Crippen molar-refractivity contribution < 1.29 is 9.53 Å². The van der Waals surface area contributed by atoms with Gasteiger partial charge in [-0.05, 0) is 37.0 Å². The third kappa shape index (κ3) is 2.58. The van der Waals surface area contributed by atoms with Crippen molar-refractivity contribution >= 4 is 5.78 Å². The number of ketones is 1. The average molecular weight is 246 g/mol. The van der Waals surface area contributed by atoms with Crippen LogP contribution in [0.3, 0.4) is 0 Å². The van der Waals surface area contributed by atoms with E-state index in [2.05, 4.69) is 6.92 Å². The summed E-state index contributed by atoms with van der Waals surface area (Å²) in [5.74, 6) is 1.27. The molecule has 1 fully saturated rings. The van der Waals surface area contributed by atoms with E-state index in [0.29, 0.717) is 12.2 Å². The van der Waals surface area contributed by atoms with Gasteiger partial charge in [0.15, 0.2) is 0 Å². The highest BCUT2D eigenvalue weighted by molar-refractivity contribution is 5.87. The average Bonchev–Trinajstić information content (AvgIpc) is 2.89. The zero-order valence-corrected chi connectivity index (χ0v) is 11.4. The summed E-state index contributed by atoms with van der Waals surface area (Å²) in [6.07, 6.45) is 6.14. The molecule has 0 atom stereocenters. The lowest BCUT2D eigenvalue weighted by Gasteiger charge is -2.25. The molecule has 0 amide bonds. The lowest BCUT2D eigenvalue weighted by molar-refractivity contribution is -0.128. The van der Waals surface area contributed by atoms with Crippen LogP contribution in [0.25, 0.3) is 0 Å². The third-order valence-corrected chi connectivity index (χ3v) is 4.35. The Morgan fingerprint density at radius 3 is 2.33 bits per heavy atom. The van der Waals surface area contributed by atoms with Gasteiger partial charge in [0.05, 0.1) is 7.11 Å². The highest BCUT2D eigenvalue weighted by Crippen LogP contribution is 2.42. The van der Waals surface area contributed by atoms with E-state index in [1.165, 1.54) is 12.8 Å². The summed E-state index contributed by atoms with van der Waals surface area (Å²) >= 11 is 0. The quantitative estimate of drug-likeness (QED) is 0.790. The second kappa shape index (κ2) is 5.55. The van der Waals surface area contributed by atoms with Crippen LogP contribution in [-0.2, 0) is 11.2 Å². The van der Waals surface area contributed by atoms with Gasteiger partial charge in [-0.3, -0.25) is 4.79 Å². The first kappa shape index (κ1) is 13.1. The maximum Gasteiger partial charge on any atom is 0.143 e. The molecule has 0 saturated heterocycles. The number of rotatable bonds is 5. The Balaban J connectivity index is 2.05. The van der Waals surface area contributed by atoms with Gasteiger partial charge in [-0.15, -0.1) is 0 Å². The van der Waals surface area contributed by atoms with E-state index in [9.17, 15) is 4.79 Å². The van der Waals surface area contributed by atoms with Crippen molar-refractivity contribution in [1.82, 2.24) is 0 Å². The van der Waals surface area contributed by atoms with Gasteiger partial charge < -0.3 is 4.74 Å². The first-order valence-electron chi connectivity index (χ1n) is 6.86. The van der Waals surface area contributed by atoms with Crippen LogP contribution in [0.2, 0.25) is 0 Å². The van der Waals surface area contributed by atoms with Crippen molar-refractivity contribution in [2.45, 2.75) is 45.4 Å². The van der Waals surface area contributed by atoms with Crippen molar-refractivity contribution in [3.8, 4) is 5.75 Å². The maximum absolute atomic E-state index is 12.5. The van der Waals surface area contributed by atoms with E-state index in [4.69, 9.17) is 4.74 Å². The van der Waals surface area contributed by atoms with Gasteiger partial charge in [0.2, 0.25) is 0 Å². The Hall–Kier alpha value is -1.31. The Labute approximate surface area is 109 Å². The van der Waals surface area contributed by atoms with Gasteiger partial charge in [-0.25, -0.2) is 0 Å². The molecule has 1 saturated carbocycles. The molecule has 1 aliphatic carbocycles. The molecule has 98 valence electrons. The predicted octanol–water partition coefficient (Wildman–Crippen LogP) is 3.78. The van der Waals surface area contributed by atoms with E-state index in [1.54, 1.807) is 7.11 Å². The minimum atomic E-state index is -0.0278. The summed E-state index contributed by atoms with van der Waals surface area (Å²) in [5, 5.41) is 0. The van der Waals surface area contributed by atoms with Crippen LogP contribution in [0.5, 0.6) is 5.75 Å². The molecule has 0 unspecified atom stereocenters. The third-order valence-electron chi connectivity index (χ3n) is 4.35. The predicted molar refractivity (Wildman–Crippen MR) is 72.9 cm³/mol. The van der Waals surface area contributed by atoms with E-state index in [0.717, 1.165) is 30.6 Å². The summed E-state index contributed by atoms with van der Waals surface area (Å²) in [5.41, 5.74) is 1.07. The van der Waals surface area contributed by atoms with Crippen molar-refractivity contribution in [2.24, 2.45) is 5.41 Å². The molecule has 0 spiro atoms. The van der Waals surface area contributed by atoms with Gasteiger partial charge in [0.25, 0.3) is 0 Å². The Kier molecular flexibility index (Phi) is 4.05. The van der Waals surface area contributed by atoms with E-state index in [-0.39, 0.29) is 5.41 Å². The fourth-order valence-electron chi connectivity index (χ4n) is 3.00. The number of methoxy groups -OCH3 is 1. The normalized spacial score (nSPS) is 17.7. The van der Waals surface area contributed by atoms with Crippen molar-refractivity contribution in [2.75, 3.05) is 7.11 Å². The summed E-state index contributed by atoms with van der Waals surface area (Å²) in [7, 11) is 1.66. The van der Waals surface area contributed by atoms with Gasteiger partial charge in [-0.1, -0.05) is 31.9 Å². The van der Waals surface area contributed by atoms with E-state index < -0.39 is 0 Å². The first-order chi connectivity index (χ1) is 8.70. The smallest absolute Gasteiger partial charge is 0.143 e. The maximum atomic E-state index is 12.5. The van der Waals surface area contributed by atoms with E-state index in [1.807, 2.05) is 24.3 Å². The Morgan fingerprint density at radius 1 is 1.22 bits per heavy atom. The topological polar surface area (TPSA) is 26.3 Å². The molecule has 0 radical (unpaired) electrons. The fourth-order valence-corrected chi connectivity index (χ4v) is 3.00. The highest BCUT2D eigenvalue weighted by Gasteiger charge is 2.38. The molecule has 2 rings (SSSR count). The minimum Gasteiger partial charge on any atom is -0.497 e. The standard InChI is InChI=1S/C16H22O2/c1-3-16(10-4-5-11-16)15(17)12-13-6-8-14(18-2)9-7-13/h6-9H,3-5,10-12H2,1-2H3. The molecule has 0 heterocycles. The molecule has 1 aromatic carbocycles. The molecule has 1 aromatic rings. The monoisotopic (exact) mass is 246 g/mol. The van der Waals surface area contributed by atoms with Crippen LogP contribution >= 0.6 is 0 Å². The second-order valence-corrected chi connectivity index (χ2v) is 5.29. The first-order valence-corrected chi connectivity index (χ1v) is 6.86. The van der Waals surface area contributed by atoms with Gasteiger partial charge in [0, 0.05) is 11.8 Å². The molecule has 1 aliphatic rings.